The van der Waals surface area contributed by atoms with E-state index in [0.717, 1.165) is 31.5 Å². The lowest BCUT2D eigenvalue weighted by Gasteiger charge is -2.26. The van der Waals surface area contributed by atoms with E-state index in [1.807, 2.05) is 0 Å². The summed E-state index contributed by atoms with van der Waals surface area (Å²) in [5, 5.41) is 13.3. The minimum atomic E-state index is -0.653. The van der Waals surface area contributed by atoms with E-state index in [2.05, 4.69) is 10.3 Å². The predicted molar refractivity (Wildman–Crippen MR) is 60.4 cm³/mol. The van der Waals surface area contributed by atoms with E-state index < -0.39 is 4.92 Å². The summed E-state index contributed by atoms with van der Waals surface area (Å²) in [6.45, 7) is 0. The Kier molecular flexibility index (Phi) is 2.90. The first kappa shape index (κ1) is 11.3. The zero-order valence-corrected chi connectivity index (χ0v) is 9.05. The lowest BCUT2D eigenvalue weighted by atomic mass is 9.93. The number of nitrogens with two attached hydrogens (primary N) is 1. The number of carbonyl (C=O) groups is 1. The molecule has 1 aromatic heterocycles. The first-order valence-corrected chi connectivity index (χ1v) is 5.28. The number of amides is 1. The average Bonchev–Trinajstić information content (AvgIpc) is 2.23. The van der Waals surface area contributed by atoms with E-state index in [1.165, 1.54) is 0 Å². The predicted octanol–water partition coefficient (Wildman–Crippen LogP) is 0.854. The average molecular weight is 236 g/mol. The van der Waals surface area contributed by atoms with Gasteiger partial charge in [0, 0.05) is 6.04 Å². The topological polar surface area (TPSA) is 111 Å². The molecule has 3 N–H and O–H groups in total. The fourth-order valence-electron chi connectivity index (χ4n) is 1.57. The molecule has 0 bridgehead atoms. The van der Waals surface area contributed by atoms with Gasteiger partial charge in [-0.3, -0.25) is 4.79 Å². The first-order chi connectivity index (χ1) is 8.08. The molecule has 7 nitrogen and oxygen atoms in total. The monoisotopic (exact) mass is 236 g/mol. The lowest BCUT2D eigenvalue weighted by molar-refractivity contribution is -0.389. The van der Waals surface area contributed by atoms with Gasteiger partial charge in [-0.2, -0.15) is 0 Å². The Morgan fingerprint density at radius 3 is 2.82 bits per heavy atom. The fraction of sp³-hybridized carbons (Fsp3) is 0.400. The van der Waals surface area contributed by atoms with E-state index in [4.69, 9.17) is 5.73 Å². The molecule has 0 spiro atoms. The number of nitro groups is 1. The Labute approximate surface area is 97.2 Å². The van der Waals surface area contributed by atoms with E-state index in [0.29, 0.717) is 0 Å². The summed E-state index contributed by atoms with van der Waals surface area (Å²) in [6, 6.07) is 1.26. The lowest BCUT2D eigenvalue weighted by Crippen LogP contribution is -2.39. The first-order valence-electron chi connectivity index (χ1n) is 5.28. The van der Waals surface area contributed by atoms with Crippen molar-refractivity contribution in [2.75, 3.05) is 5.73 Å². The van der Waals surface area contributed by atoms with Gasteiger partial charge in [0.15, 0.2) is 6.20 Å². The van der Waals surface area contributed by atoms with E-state index >= 15 is 0 Å². The second kappa shape index (κ2) is 4.36. The van der Waals surface area contributed by atoms with Crippen molar-refractivity contribution in [3.05, 3.63) is 27.9 Å². The van der Waals surface area contributed by atoms with Crippen LogP contribution in [0.2, 0.25) is 0 Å². The standard InChI is InChI=1S/C10H12N4O3/c11-8-5-12-9(14(16)17)4-7(8)10(15)13-6-2-1-3-6/h4-6H,1-3,11H2,(H,13,15). The molecule has 90 valence electrons. The minimum Gasteiger partial charge on any atom is -0.395 e. The summed E-state index contributed by atoms with van der Waals surface area (Å²) in [6.07, 6.45) is 4.11. The Balaban J connectivity index is 2.20. The summed E-state index contributed by atoms with van der Waals surface area (Å²) in [7, 11) is 0. The van der Waals surface area contributed by atoms with Crippen LogP contribution in [0.5, 0.6) is 0 Å². The van der Waals surface area contributed by atoms with E-state index in [-0.39, 0.29) is 29.0 Å². The molecular formula is C10H12N4O3. The van der Waals surface area contributed by atoms with Crippen LogP contribution in [0.1, 0.15) is 29.6 Å². The minimum absolute atomic E-state index is 0.110. The molecule has 7 heteroatoms. The summed E-state index contributed by atoms with van der Waals surface area (Å²) in [5.41, 5.74) is 5.84. The molecule has 1 fully saturated rings. The van der Waals surface area contributed by atoms with Gasteiger partial charge in [0.25, 0.3) is 5.91 Å². The van der Waals surface area contributed by atoms with Crippen LogP contribution in [0, 0.1) is 10.1 Å². The second-order valence-corrected chi connectivity index (χ2v) is 3.99. The van der Waals surface area contributed by atoms with Crippen molar-refractivity contribution in [2.24, 2.45) is 0 Å². The highest BCUT2D eigenvalue weighted by Crippen LogP contribution is 2.21. The van der Waals surface area contributed by atoms with Crippen molar-refractivity contribution < 1.29 is 9.72 Å². The summed E-state index contributed by atoms with van der Waals surface area (Å²) >= 11 is 0. The molecule has 17 heavy (non-hydrogen) atoms. The Hall–Kier alpha value is -2.18. The van der Waals surface area contributed by atoms with Crippen molar-refractivity contribution in [1.29, 1.82) is 0 Å². The number of carbonyl (C=O) groups excluding carboxylic acids is 1. The number of rotatable bonds is 3. The van der Waals surface area contributed by atoms with Crippen LogP contribution in [0.3, 0.4) is 0 Å². The molecule has 0 aliphatic heterocycles. The molecule has 1 amide bonds. The van der Waals surface area contributed by atoms with Crippen LogP contribution >= 0.6 is 0 Å². The van der Waals surface area contributed by atoms with Gasteiger partial charge in [-0.15, -0.1) is 0 Å². The zero-order valence-electron chi connectivity index (χ0n) is 9.05. The number of nitrogens with zero attached hydrogens (tertiary/aromatic N) is 2. The number of pyridine rings is 1. The van der Waals surface area contributed by atoms with Gasteiger partial charge >= 0.3 is 5.82 Å². The summed E-state index contributed by atoms with van der Waals surface area (Å²) < 4.78 is 0. The number of anilines is 1. The van der Waals surface area contributed by atoms with Gasteiger partial charge in [-0.25, -0.2) is 0 Å². The van der Waals surface area contributed by atoms with E-state index in [9.17, 15) is 14.9 Å². The molecule has 0 saturated heterocycles. The third kappa shape index (κ3) is 2.32. The van der Waals surface area contributed by atoms with Crippen LogP contribution < -0.4 is 11.1 Å². The quantitative estimate of drug-likeness (QED) is 0.597. The molecule has 1 heterocycles. The molecule has 2 rings (SSSR count). The molecule has 0 atom stereocenters. The van der Waals surface area contributed by atoms with Crippen LogP contribution in [0.25, 0.3) is 0 Å². The molecule has 1 saturated carbocycles. The molecule has 0 radical (unpaired) electrons. The summed E-state index contributed by atoms with van der Waals surface area (Å²) in [4.78, 5) is 25.2. The SMILES string of the molecule is Nc1cnc([N+](=O)[O-])cc1C(=O)NC1CCC1. The van der Waals surface area contributed by atoms with Crippen LogP contribution in [-0.4, -0.2) is 21.9 Å². The fourth-order valence-corrected chi connectivity index (χ4v) is 1.57. The van der Waals surface area contributed by atoms with Crippen molar-refractivity contribution in [3.63, 3.8) is 0 Å². The Bertz CT molecular complexity index is 471. The highest BCUT2D eigenvalue weighted by atomic mass is 16.6. The van der Waals surface area contributed by atoms with Gasteiger partial charge in [-0.1, -0.05) is 0 Å². The largest absolute Gasteiger partial charge is 0.395 e. The maximum atomic E-state index is 11.8. The molecule has 0 aromatic carbocycles. The van der Waals surface area contributed by atoms with Gasteiger partial charge in [0.05, 0.1) is 17.3 Å². The van der Waals surface area contributed by atoms with Gasteiger partial charge in [-0.05, 0) is 29.2 Å². The second-order valence-electron chi connectivity index (χ2n) is 3.99. The molecule has 0 unspecified atom stereocenters. The zero-order chi connectivity index (χ0) is 12.4. The maximum absolute atomic E-state index is 11.8. The van der Waals surface area contributed by atoms with Gasteiger partial charge < -0.3 is 21.2 Å². The number of nitrogens with one attached hydrogen (secondary N) is 1. The van der Waals surface area contributed by atoms with E-state index in [1.54, 1.807) is 0 Å². The highest BCUT2D eigenvalue weighted by Gasteiger charge is 2.23. The third-order valence-electron chi connectivity index (χ3n) is 2.79. The number of hydrogen-bond donors (Lipinski definition) is 2. The Morgan fingerprint density at radius 2 is 2.29 bits per heavy atom. The van der Waals surface area contributed by atoms with Crippen molar-refractivity contribution in [2.45, 2.75) is 25.3 Å². The highest BCUT2D eigenvalue weighted by molar-refractivity contribution is 5.99. The smallest absolute Gasteiger partial charge is 0.364 e. The van der Waals surface area contributed by atoms with Gasteiger partial charge in [0.2, 0.25) is 0 Å². The van der Waals surface area contributed by atoms with Crippen LogP contribution in [0.15, 0.2) is 12.3 Å². The molecular weight excluding hydrogens is 224 g/mol. The summed E-state index contributed by atoms with van der Waals surface area (Å²) in [5.74, 6) is -0.754. The van der Waals surface area contributed by atoms with Gasteiger partial charge in [0.1, 0.15) is 0 Å². The van der Waals surface area contributed by atoms with Crippen molar-refractivity contribution >= 4 is 17.4 Å². The number of aromatic nitrogens is 1. The van der Waals surface area contributed by atoms with Crippen molar-refractivity contribution in [3.8, 4) is 0 Å². The number of nitrogen functional groups attached to an aromatic ring is 1. The molecule has 1 aliphatic carbocycles. The van der Waals surface area contributed by atoms with Crippen LogP contribution in [-0.2, 0) is 0 Å². The van der Waals surface area contributed by atoms with Crippen LogP contribution in [0.4, 0.5) is 11.5 Å². The Morgan fingerprint density at radius 1 is 1.59 bits per heavy atom. The van der Waals surface area contributed by atoms with Crippen molar-refractivity contribution in [1.82, 2.24) is 10.3 Å². The normalized spacial score (nSPS) is 15.1. The molecule has 1 aliphatic rings. The number of hydrogen-bond acceptors (Lipinski definition) is 5. The molecule has 1 aromatic rings. The maximum Gasteiger partial charge on any atom is 0.364 e. The third-order valence-corrected chi connectivity index (χ3v) is 2.79.